The van der Waals surface area contributed by atoms with Crippen LogP contribution in [0.15, 0.2) is 12.4 Å². The van der Waals surface area contributed by atoms with Gasteiger partial charge in [-0.3, -0.25) is 4.68 Å². The highest BCUT2D eigenvalue weighted by molar-refractivity contribution is 7.98. The molecule has 2 N–H and O–H groups in total. The van der Waals surface area contributed by atoms with E-state index in [-0.39, 0.29) is 0 Å². The van der Waals surface area contributed by atoms with Gasteiger partial charge in [-0.2, -0.15) is 16.9 Å². The zero-order chi connectivity index (χ0) is 10.0. The summed E-state index contributed by atoms with van der Waals surface area (Å²) in [5, 5.41) is 4.25. The van der Waals surface area contributed by atoms with Gasteiger partial charge in [0.15, 0.2) is 0 Å². The van der Waals surface area contributed by atoms with Gasteiger partial charge < -0.3 is 5.73 Å². The molecule has 1 saturated carbocycles. The summed E-state index contributed by atoms with van der Waals surface area (Å²) in [7, 11) is 0. The van der Waals surface area contributed by atoms with E-state index in [0.29, 0.717) is 5.41 Å². The lowest BCUT2D eigenvalue weighted by Crippen LogP contribution is -2.36. The molecule has 1 fully saturated rings. The maximum absolute atomic E-state index is 5.64. The molecule has 0 atom stereocenters. The Labute approximate surface area is 89.1 Å². The largest absolute Gasteiger partial charge is 0.396 e. The van der Waals surface area contributed by atoms with Crippen molar-refractivity contribution in [2.75, 3.05) is 17.7 Å². The van der Waals surface area contributed by atoms with E-state index in [1.807, 2.05) is 22.6 Å². The Kier molecular flexibility index (Phi) is 2.72. The van der Waals surface area contributed by atoms with Crippen LogP contribution in [0.4, 0.5) is 5.69 Å². The van der Waals surface area contributed by atoms with Crippen molar-refractivity contribution >= 4 is 17.4 Å². The topological polar surface area (TPSA) is 43.8 Å². The smallest absolute Gasteiger partial charge is 0.0719 e. The summed E-state index contributed by atoms with van der Waals surface area (Å²) in [5.41, 5.74) is 6.91. The molecule has 1 aromatic heterocycles. The number of hydrogen-bond donors (Lipinski definition) is 1. The number of nitrogen functional groups attached to an aromatic ring is 1. The number of aromatic nitrogens is 2. The minimum absolute atomic E-state index is 0.498. The molecule has 0 aromatic carbocycles. The van der Waals surface area contributed by atoms with Crippen LogP contribution in [0.5, 0.6) is 0 Å². The quantitative estimate of drug-likeness (QED) is 0.828. The van der Waals surface area contributed by atoms with Crippen molar-refractivity contribution in [1.82, 2.24) is 9.78 Å². The molecule has 4 heteroatoms. The van der Waals surface area contributed by atoms with Crippen LogP contribution in [-0.2, 0) is 6.54 Å². The summed E-state index contributed by atoms with van der Waals surface area (Å²) in [4.78, 5) is 0. The molecule has 0 radical (unpaired) electrons. The minimum Gasteiger partial charge on any atom is -0.396 e. The summed E-state index contributed by atoms with van der Waals surface area (Å²) < 4.78 is 1.99. The summed E-state index contributed by atoms with van der Waals surface area (Å²) in [6, 6.07) is 0. The third kappa shape index (κ3) is 1.90. The second-order valence-corrected chi connectivity index (χ2v) is 5.12. The first-order chi connectivity index (χ1) is 6.74. The minimum atomic E-state index is 0.498. The van der Waals surface area contributed by atoms with Crippen molar-refractivity contribution < 1.29 is 0 Å². The molecule has 0 saturated heterocycles. The van der Waals surface area contributed by atoms with Crippen LogP contribution in [0, 0.1) is 5.41 Å². The molecular weight excluding hydrogens is 194 g/mol. The van der Waals surface area contributed by atoms with E-state index >= 15 is 0 Å². The lowest BCUT2D eigenvalue weighted by molar-refractivity contribution is 0.132. The average Bonchev–Trinajstić information content (AvgIpc) is 2.48. The molecule has 3 nitrogen and oxygen atoms in total. The van der Waals surface area contributed by atoms with E-state index in [2.05, 4.69) is 11.4 Å². The molecule has 2 rings (SSSR count). The molecule has 1 heterocycles. The van der Waals surface area contributed by atoms with Gasteiger partial charge in [0.05, 0.1) is 11.9 Å². The van der Waals surface area contributed by atoms with Crippen molar-refractivity contribution in [2.45, 2.75) is 25.8 Å². The molecule has 1 aromatic rings. The van der Waals surface area contributed by atoms with E-state index in [4.69, 9.17) is 5.73 Å². The van der Waals surface area contributed by atoms with Gasteiger partial charge in [0.1, 0.15) is 0 Å². The molecule has 0 spiro atoms. The Morgan fingerprint density at radius 2 is 2.43 bits per heavy atom. The fraction of sp³-hybridized carbons (Fsp3) is 0.700. The number of hydrogen-bond acceptors (Lipinski definition) is 3. The lowest BCUT2D eigenvalue weighted by Gasteiger charge is -2.41. The number of nitrogens with two attached hydrogens (primary N) is 1. The monoisotopic (exact) mass is 211 g/mol. The molecule has 78 valence electrons. The van der Waals surface area contributed by atoms with Gasteiger partial charge in [-0.25, -0.2) is 0 Å². The number of nitrogens with zero attached hydrogens (tertiary/aromatic N) is 2. The van der Waals surface area contributed by atoms with Crippen molar-refractivity contribution in [3.8, 4) is 0 Å². The Hall–Kier alpha value is -0.640. The van der Waals surface area contributed by atoms with Crippen LogP contribution in [0.2, 0.25) is 0 Å². The van der Waals surface area contributed by atoms with Gasteiger partial charge in [0.2, 0.25) is 0 Å². The first-order valence-corrected chi connectivity index (χ1v) is 6.40. The van der Waals surface area contributed by atoms with Gasteiger partial charge in [-0.15, -0.1) is 0 Å². The van der Waals surface area contributed by atoms with Crippen molar-refractivity contribution in [1.29, 1.82) is 0 Å². The number of thioether (sulfide) groups is 1. The molecule has 0 unspecified atom stereocenters. The third-order valence-corrected chi connectivity index (χ3v) is 3.92. The summed E-state index contributed by atoms with van der Waals surface area (Å²) >= 11 is 1.94. The molecule has 14 heavy (non-hydrogen) atoms. The maximum Gasteiger partial charge on any atom is 0.0719 e. The van der Waals surface area contributed by atoms with Crippen LogP contribution in [-0.4, -0.2) is 21.8 Å². The first kappa shape index (κ1) is 9.90. The summed E-state index contributed by atoms with van der Waals surface area (Å²) in [6.07, 6.45) is 9.89. The fourth-order valence-electron chi connectivity index (χ4n) is 2.14. The third-order valence-electron chi connectivity index (χ3n) is 3.02. The zero-order valence-electron chi connectivity index (χ0n) is 8.57. The summed E-state index contributed by atoms with van der Waals surface area (Å²) in [5.74, 6) is 1.24. The molecule has 1 aliphatic rings. The SMILES string of the molecule is CSCC1(Cn2cc(N)cn2)CCC1. The second-order valence-electron chi connectivity index (χ2n) is 4.26. The Bertz CT molecular complexity index is 304. The van der Waals surface area contributed by atoms with E-state index in [0.717, 1.165) is 12.2 Å². The predicted octanol–water partition coefficient (Wildman–Crippen LogP) is 2.00. The van der Waals surface area contributed by atoms with Gasteiger partial charge in [-0.1, -0.05) is 6.42 Å². The van der Waals surface area contributed by atoms with E-state index in [9.17, 15) is 0 Å². The van der Waals surface area contributed by atoms with Gasteiger partial charge in [-0.05, 0) is 24.5 Å². The van der Waals surface area contributed by atoms with Gasteiger partial charge in [0, 0.05) is 18.5 Å². The van der Waals surface area contributed by atoms with Crippen LogP contribution >= 0.6 is 11.8 Å². The van der Waals surface area contributed by atoms with E-state index < -0.39 is 0 Å². The highest BCUT2D eigenvalue weighted by atomic mass is 32.2. The highest BCUT2D eigenvalue weighted by Crippen LogP contribution is 2.44. The normalized spacial score (nSPS) is 19.2. The molecule has 1 aliphatic carbocycles. The lowest BCUT2D eigenvalue weighted by atomic mass is 9.70. The first-order valence-electron chi connectivity index (χ1n) is 5.01. The van der Waals surface area contributed by atoms with Crippen molar-refractivity contribution in [2.24, 2.45) is 5.41 Å². The maximum atomic E-state index is 5.64. The van der Waals surface area contributed by atoms with Crippen LogP contribution < -0.4 is 5.73 Å². The molecule has 0 bridgehead atoms. The zero-order valence-corrected chi connectivity index (χ0v) is 9.39. The molecular formula is C10H17N3S. The second kappa shape index (κ2) is 3.85. The van der Waals surface area contributed by atoms with Crippen LogP contribution in [0.25, 0.3) is 0 Å². The molecule has 0 amide bonds. The van der Waals surface area contributed by atoms with Crippen molar-refractivity contribution in [3.63, 3.8) is 0 Å². The number of anilines is 1. The van der Waals surface area contributed by atoms with Gasteiger partial charge >= 0.3 is 0 Å². The van der Waals surface area contributed by atoms with E-state index in [1.54, 1.807) is 6.20 Å². The fourth-order valence-corrected chi connectivity index (χ4v) is 3.13. The van der Waals surface area contributed by atoms with Crippen LogP contribution in [0.1, 0.15) is 19.3 Å². The average molecular weight is 211 g/mol. The van der Waals surface area contributed by atoms with Gasteiger partial charge in [0.25, 0.3) is 0 Å². The predicted molar refractivity (Wildman–Crippen MR) is 61.3 cm³/mol. The Balaban J connectivity index is 2.01. The Morgan fingerprint density at radius 3 is 2.86 bits per heavy atom. The number of rotatable bonds is 4. The summed E-state index contributed by atoms with van der Waals surface area (Å²) in [6.45, 7) is 1.03. The van der Waals surface area contributed by atoms with Crippen molar-refractivity contribution in [3.05, 3.63) is 12.4 Å². The standard InChI is InChI=1S/C10H17N3S/c1-14-8-10(3-2-4-10)7-13-6-9(11)5-12-13/h5-6H,2-4,7-8,11H2,1H3. The van der Waals surface area contributed by atoms with Crippen LogP contribution in [0.3, 0.4) is 0 Å². The highest BCUT2D eigenvalue weighted by Gasteiger charge is 2.36. The molecule has 0 aliphatic heterocycles. The Morgan fingerprint density at radius 1 is 1.64 bits per heavy atom. The van der Waals surface area contributed by atoms with E-state index in [1.165, 1.54) is 25.0 Å².